The van der Waals surface area contributed by atoms with Gasteiger partial charge in [-0.25, -0.2) is 4.79 Å². The summed E-state index contributed by atoms with van der Waals surface area (Å²) in [6, 6.07) is 10.5. The summed E-state index contributed by atoms with van der Waals surface area (Å²) < 4.78 is 6.62. The van der Waals surface area contributed by atoms with Crippen molar-refractivity contribution in [3.63, 3.8) is 0 Å². The van der Waals surface area contributed by atoms with Crippen LogP contribution in [0.3, 0.4) is 0 Å². The molecule has 21 heavy (non-hydrogen) atoms. The molecular formula is C16H18N2O3. The van der Waals surface area contributed by atoms with Gasteiger partial charge < -0.3 is 14.2 Å². The number of benzene rings is 1. The molecule has 1 aromatic heterocycles. The second kappa shape index (κ2) is 6.26. The van der Waals surface area contributed by atoms with Crippen molar-refractivity contribution in [3.05, 3.63) is 53.9 Å². The number of carbonyl (C=O) groups is 2. The minimum atomic E-state index is -0.462. The van der Waals surface area contributed by atoms with Gasteiger partial charge in [-0.3, -0.25) is 4.79 Å². The van der Waals surface area contributed by atoms with E-state index in [2.05, 4.69) is 0 Å². The summed E-state index contributed by atoms with van der Waals surface area (Å²) >= 11 is 0. The fraction of sp³-hybridized carbons (Fsp3) is 0.250. The molecule has 110 valence electrons. The van der Waals surface area contributed by atoms with Crippen LogP contribution in [-0.2, 0) is 11.3 Å². The number of para-hydroxylation sites is 1. The highest BCUT2D eigenvalue weighted by Gasteiger charge is 2.21. The molecule has 2 rings (SSSR count). The molecule has 2 aromatic rings. The zero-order valence-electron chi connectivity index (χ0n) is 12.4. The van der Waals surface area contributed by atoms with Crippen LogP contribution in [0.2, 0.25) is 0 Å². The number of carbonyl (C=O) groups excluding carboxylic acids is 2. The first kappa shape index (κ1) is 14.8. The third-order valence-corrected chi connectivity index (χ3v) is 3.36. The van der Waals surface area contributed by atoms with Crippen LogP contribution in [0.1, 0.15) is 27.8 Å². The SMILES string of the molecule is CCn1cccc1C(=O)N(C)c1ccccc1C(=O)OC. The number of rotatable bonds is 4. The van der Waals surface area contributed by atoms with E-state index in [4.69, 9.17) is 4.74 Å². The van der Waals surface area contributed by atoms with Gasteiger partial charge in [0.25, 0.3) is 5.91 Å². The zero-order chi connectivity index (χ0) is 15.4. The number of esters is 1. The normalized spacial score (nSPS) is 10.2. The average molecular weight is 286 g/mol. The molecule has 0 saturated carbocycles. The van der Waals surface area contributed by atoms with Gasteiger partial charge in [0.05, 0.1) is 18.4 Å². The van der Waals surface area contributed by atoms with Gasteiger partial charge in [-0.2, -0.15) is 0 Å². The standard InChI is InChI=1S/C16H18N2O3/c1-4-18-11-7-10-14(18)15(19)17(2)13-9-6-5-8-12(13)16(20)21-3/h5-11H,4H2,1-3H3. The highest BCUT2D eigenvalue weighted by Crippen LogP contribution is 2.22. The molecule has 1 amide bonds. The van der Waals surface area contributed by atoms with Crippen LogP contribution in [0.15, 0.2) is 42.6 Å². The summed E-state index contributed by atoms with van der Waals surface area (Å²) in [6.45, 7) is 2.68. The van der Waals surface area contributed by atoms with Crippen molar-refractivity contribution in [3.8, 4) is 0 Å². The Morgan fingerprint density at radius 2 is 1.90 bits per heavy atom. The van der Waals surface area contributed by atoms with Crippen molar-refractivity contribution in [2.75, 3.05) is 19.1 Å². The minimum absolute atomic E-state index is 0.168. The first-order chi connectivity index (χ1) is 10.1. The number of amides is 1. The predicted molar refractivity (Wildman–Crippen MR) is 80.6 cm³/mol. The van der Waals surface area contributed by atoms with Gasteiger partial charge >= 0.3 is 5.97 Å². The van der Waals surface area contributed by atoms with Crippen LogP contribution in [-0.4, -0.2) is 30.6 Å². The smallest absolute Gasteiger partial charge is 0.339 e. The lowest BCUT2D eigenvalue weighted by Crippen LogP contribution is -2.29. The molecule has 0 radical (unpaired) electrons. The largest absolute Gasteiger partial charge is 0.465 e. The molecule has 0 fully saturated rings. The maximum Gasteiger partial charge on any atom is 0.339 e. The number of aromatic nitrogens is 1. The molecule has 0 bridgehead atoms. The number of methoxy groups -OCH3 is 1. The lowest BCUT2D eigenvalue weighted by atomic mass is 10.1. The fourth-order valence-electron chi connectivity index (χ4n) is 2.21. The Morgan fingerprint density at radius 3 is 2.57 bits per heavy atom. The second-order valence-electron chi connectivity index (χ2n) is 4.55. The molecule has 0 unspecified atom stereocenters. The maximum atomic E-state index is 12.6. The quantitative estimate of drug-likeness (QED) is 0.812. The van der Waals surface area contributed by atoms with E-state index in [0.29, 0.717) is 23.5 Å². The second-order valence-corrected chi connectivity index (χ2v) is 4.55. The highest BCUT2D eigenvalue weighted by atomic mass is 16.5. The minimum Gasteiger partial charge on any atom is -0.465 e. The summed E-state index contributed by atoms with van der Waals surface area (Å²) in [6.07, 6.45) is 1.85. The molecule has 5 nitrogen and oxygen atoms in total. The number of ether oxygens (including phenoxy) is 1. The van der Waals surface area contributed by atoms with E-state index in [1.807, 2.05) is 23.8 Å². The Labute approximate surface area is 123 Å². The summed E-state index contributed by atoms with van der Waals surface area (Å²) in [5.41, 5.74) is 1.48. The molecule has 0 atom stereocenters. The molecule has 1 heterocycles. The molecular weight excluding hydrogens is 268 g/mol. The number of aryl methyl sites for hydroxylation is 1. The van der Waals surface area contributed by atoms with Crippen LogP contribution in [0, 0.1) is 0 Å². The van der Waals surface area contributed by atoms with Crippen LogP contribution in [0.5, 0.6) is 0 Å². The van der Waals surface area contributed by atoms with Crippen LogP contribution in [0.25, 0.3) is 0 Å². The molecule has 0 saturated heterocycles. The van der Waals surface area contributed by atoms with Crippen molar-refractivity contribution in [2.45, 2.75) is 13.5 Å². The third kappa shape index (κ3) is 2.81. The molecule has 0 spiro atoms. The Balaban J connectivity index is 2.38. The Bertz CT molecular complexity index is 661. The molecule has 0 aliphatic rings. The molecule has 0 aliphatic carbocycles. The van der Waals surface area contributed by atoms with Crippen molar-refractivity contribution in [1.29, 1.82) is 0 Å². The van der Waals surface area contributed by atoms with Gasteiger partial charge in [0.1, 0.15) is 5.69 Å². The van der Waals surface area contributed by atoms with E-state index in [9.17, 15) is 9.59 Å². The van der Waals surface area contributed by atoms with E-state index >= 15 is 0 Å². The Hall–Kier alpha value is -2.56. The van der Waals surface area contributed by atoms with Crippen LogP contribution >= 0.6 is 0 Å². The number of anilines is 1. The van der Waals surface area contributed by atoms with Crippen LogP contribution < -0.4 is 4.90 Å². The number of nitrogens with zero attached hydrogens (tertiary/aromatic N) is 2. The fourth-order valence-corrected chi connectivity index (χ4v) is 2.21. The lowest BCUT2D eigenvalue weighted by Gasteiger charge is -2.20. The summed E-state index contributed by atoms with van der Waals surface area (Å²) in [7, 11) is 2.97. The molecule has 1 aromatic carbocycles. The van der Waals surface area contributed by atoms with E-state index in [-0.39, 0.29) is 5.91 Å². The monoisotopic (exact) mass is 286 g/mol. The highest BCUT2D eigenvalue weighted by molar-refractivity contribution is 6.08. The average Bonchev–Trinajstić information content (AvgIpc) is 3.01. The Kier molecular flexibility index (Phi) is 4.42. The first-order valence-corrected chi connectivity index (χ1v) is 6.70. The van der Waals surface area contributed by atoms with Crippen molar-refractivity contribution < 1.29 is 14.3 Å². The van der Waals surface area contributed by atoms with Crippen molar-refractivity contribution in [1.82, 2.24) is 4.57 Å². The van der Waals surface area contributed by atoms with Gasteiger partial charge in [-0.1, -0.05) is 12.1 Å². The van der Waals surface area contributed by atoms with Crippen molar-refractivity contribution in [2.24, 2.45) is 0 Å². The van der Waals surface area contributed by atoms with E-state index in [1.165, 1.54) is 12.0 Å². The van der Waals surface area contributed by atoms with Gasteiger partial charge in [-0.15, -0.1) is 0 Å². The number of hydrogen-bond acceptors (Lipinski definition) is 3. The summed E-state index contributed by atoms with van der Waals surface area (Å²) in [5.74, 6) is -0.630. The topological polar surface area (TPSA) is 51.5 Å². The van der Waals surface area contributed by atoms with E-state index < -0.39 is 5.97 Å². The van der Waals surface area contributed by atoms with Gasteiger partial charge in [0, 0.05) is 19.8 Å². The summed E-state index contributed by atoms with van der Waals surface area (Å²) in [4.78, 5) is 25.9. The van der Waals surface area contributed by atoms with E-state index in [0.717, 1.165) is 0 Å². The van der Waals surface area contributed by atoms with Crippen LogP contribution in [0.4, 0.5) is 5.69 Å². The number of hydrogen-bond donors (Lipinski definition) is 0. The Morgan fingerprint density at radius 1 is 1.19 bits per heavy atom. The first-order valence-electron chi connectivity index (χ1n) is 6.70. The third-order valence-electron chi connectivity index (χ3n) is 3.36. The van der Waals surface area contributed by atoms with Gasteiger partial charge in [0.2, 0.25) is 0 Å². The molecule has 0 aliphatic heterocycles. The summed E-state index contributed by atoms with van der Waals surface area (Å²) in [5, 5.41) is 0. The zero-order valence-corrected chi connectivity index (χ0v) is 12.4. The van der Waals surface area contributed by atoms with Gasteiger partial charge in [0.15, 0.2) is 0 Å². The lowest BCUT2D eigenvalue weighted by molar-refractivity contribution is 0.0601. The maximum absolute atomic E-state index is 12.6. The molecule has 5 heteroatoms. The van der Waals surface area contributed by atoms with E-state index in [1.54, 1.807) is 37.4 Å². The van der Waals surface area contributed by atoms with Gasteiger partial charge in [-0.05, 0) is 31.2 Å². The van der Waals surface area contributed by atoms with Crippen molar-refractivity contribution >= 4 is 17.6 Å². The predicted octanol–water partition coefficient (Wildman–Crippen LogP) is 2.57. The molecule has 0 N–H and O–H groups in total.